The smallest absolute Gasteiger partial charge is 0.160 e. The molecule has 0 bridgehead atoms. The summed E-state index contributed by atoms with van der Waals surface area (Å²) < 4.78 is 5.56. The maximum absolute atomic E-state index is 11.8. The Labute approximate surface area is 111 Å². The topological polar surface area (TPSA) is 46.5 Å². The zero-order valence-electron chi connectivity index (χ0n) is 10.6. The van der Waals surface area contributed by atoms with E-state index in [9.17, 15) is 9.90 Å². The Kier molecular flexibility index (Phi) is 2.64. The summed E-state index contributed by atoms with van der Waals surface area (Å²) in [6.07, 6.45) is 0. The van der Waals surface area contributed by atoms with E-state index in [1.165, 1.54) is 6.92 Å². The normalized spacial score (nSPS) is 20.7. The molecule has 2 aromatic carbocycles. The number of rotatable bonds is 2. The van der Waals surface area contributed by atoms with Crippen molar-refractivity contribution in [3.05, 3.63) is 65.2 Å². The van der Waals surface area contributed by atoms with E-state index in [1.807, 2.05) is 30.3 Å². The predicted molar refractivity (Wildman–Crippen MR) is 71.4 cm³/mol. The van der Waals surface area contributed by atoms with Gasteiger partial charge in [-0.2, -0.15) is 0 Å². The van der Waals surface area contributed by atoms with Crippen LogP contribution in [0.4, 0.5) is 0 Å². The van der Waals surface area contributed by atoms with Crippen molar-refractivity contribution >= 4 is 5.78 Å². The van der Waals surface area contributed by atoms with Crippen LogP contribution in [0.3, 0.4) is 0 Å². The van der Waals surface area contributed by atoms with Crippen molar-refractivity contribution in [2.24, 2.45) is 0 Å². The summed E-state index contributed by atoms with van der Waals surface area (Å²) in [4.78, 5) is 11.8. The van der Waals surface area contributed by atoms with Crippen molar-refractivity contribution in [2.75, 3.05) is 6.61 Å². The number of ether oxygens (including phenoxy) is 1. The van der Waals surface area contributed by atoms with Crippen LogP contribution in [0.2, 0.25) is 0 Å². The Hall–Kier alpha value is -2.13. The average molecular weight is 254 g/mol. The van der Waals surface area contributed by atoms with Crippen molar-refractivity contribution in [3.8, 4) is 5.75 Å². The third-order valence-corrected chi connectivity index (χ3v) is 3.51. The van der Waals surface area contributed by atoms with Crippen molar-refractivity contribution in [2.45, 2.75) is 12.5 Å². The Morgan fingerprint density at radius 1 is 1.16 bits per heavy atom. The van der Waals surface area contributed by atoms with Crippen LogP contribution in [0.5, 0.6) is 5.75 Å². The zero-order chi connectivity index (χ0) is 13.5. The first-order valence-electron chi connectivity index (χ1n) is 6.18. The summed E-state index contributed by atoms with van der Waals surface area (Å²) in [6.45, 7) is 1.63. The quantitative estimate of drug-likeness (QED) is 0.838. The standard InChI is InChI=1S/C16H14O3/c1-11(17)13-8-5-9-14-15(13)16(18,10-19-14)12-6-3-2-4-7-12/h2-9,18H,10H2,1H3. The summed E-state index contributed by atoms with van der Waals surface area (Å²) in [5, 5.41) is 11.0. The fourth-order valence-electron chi connectivity index (χ4n) is 2.57. The van der Waals surface area contributed by atoms with Crippen LogP contribution < -0.4 is 4.74 Å². The van der Waals surface area contributed by atoms with Gasteiger partial charge in [-0.05, 0) is 18.6 Å². The number of hydrogen-bond acceptors (Lipinski definition) is 3. The van der Waals surface area contributed by atoms with Gasteiger partial charge in [-0.15, -0.1) is 0 Å². The number of carbonyl (C=O) groups excluding carboxylic acids is 1. The molecule has 0 saturated heterocycles. The van der Waals surface area contributed by atoms with Crippen LogP contribution in [0.25, 0.3) is 0 Å². The summed E-state index contributed by atoms with van der Waals surface area (Å²) in [5.74, 6) is 0.510. The van der Waals surface area contributed by atoms with Gasteiger partial charge in [-0.3, -0.25) is 4.79 Å². The third kappa shape index (κ3) is 1.74. The first kappa shape index (κ1) is 11.9. The molecular weight excluding hydrogens is 240 g/mol. The summed E-state index contributed by atoms with van der Waals surface area (Å²) in [7, 11) is 0. The Balaban J connectivity index is 2.24. The number of ketones is 1. The van der Waals surface area contributed by atoms with E-state index >= 15 is 0 Å². The maximum Gasteiger partial charge on any atom is 0.160 e. The van der Waals surface area contributed by atoms with E-state index in [4.69, 9.17) is 4.74 Å². The van der Waals surface area contributed by atoms with Crippen LogP contribution in [0, 0.1) is 0 Å². The van der Waals surface area contributed by atoms with Gasteiger partial charge in [0.2, 0.25) is 0 Å². The summed E-state index contributed by atoms with van der Waals surface area (Å²) in [6, 6.07) is 14.6. The van der Waals surface area contributed by atoms with E-state index in [2.05, 4.69) is 0 Å². The first-order chi connectivity index (χ1) is 9.13. The highest BCUT2D eigenvalue weighted by atomic mass is 16.5. The Bertz CT molecular complexity index is 634. The molecule has 0 aromatic heterocycles. The van der Waals surface area contributed by atoms with E-state index in [-0.39, 0.29) is 12.4 Å². The number of benzene rings is 2. The van der Waals surface area contributed by atoms with Gasteiger partial charge in [0, 0.05) is 11.1 Å². The van der Waals surface area contributed by atoms with Crippen LogP contribution in [0.15, 0.2) is 48.5 Å². The molecule has 3 rings (SSSR count). The van der Waals surface area contributed by atoms with E-state index in [0.29, 0.717) is 16.9 Å². The molecule has 1 N–H and O–H groups in total. The molecule has 3 heteroatoms. The van der Waals surface area contributed by atoms with Gasteiger partial charge < -0.3 is 9.84 Å². The van der Waals surface area contributed by atoms with Crippen LogP contribution in [0.1, 0.15) is 28.4 Å². The van der Waals surface area contributed by atoms with Crippen LogP contribution in [-0.4, -0.2) is 17.5 Å². The maximum atomic E-state index is 11.8. The second-order valence-corrected chi connectivity index (χ2v) is 4.75. The van der Waals surface area contributed by atoms with Gasteiger partial charge in [0.05, 0.1) is 0 Å². The van der Waals surface area contributed by atoms with Crippen molar-refractivity contribution in [1.82, 2.24) is 0 Å². The molecule has 19 heavy (non-hydrogen) atoms. The lowest BCUT2D eigenvalue weighted by molar-refractivity contribution is 0.0550. The molecule has 0 saturated carbocycles. The minimum absolute atomic E-state index is 0.0725. The lowest BCUT2D eigenvalue weighted by atomic mass is 9.84. The highest BCUT2D eigenvalue weighted by molar-refractivity contribution is 5.97. The molecule has 0 spiro atoms. The average Bonchev–Trinajstić information content (AvgIpc) is 2.79. The van der Waals surface area contributed by atoms with Crippen molar-refractivity contribution < 1.29 is 14.6 Å². The number of Topliss-reactive ketones (excluding diaryl/α,β-unsaturated/α-hetero) is 1. The first-order valence-corrected chi connectivity index (χ1v) is 6.18. The minimum Gasteiger partial charge on any atom is -0.489 e. The van der Waals surface area contributed by atoms with Crippen LogP contribution >= 0.6 is 0 Å². The van der Waals surface area contributed by atoms with Gasteiger partial charge in [-0.1, -0.05) is 42.5 Å². The molecule has 0 fully saturated rings. The molecule has 0 amide bonds. The number of carbonyl (C=O) groups is 1. The molecule has 0 aliphatic carbocycles. The third-order valence-electron chi connectivity index (χ3n) is 3.51. The summed E-state index contributed by atoms with van der Waals surface area (Å²) >= 11 is 0. The second-order valence-electron chi connectivity index (χ2n) is 4.75. The number of aliphatic hydroxyl groups is 1. The molecule has 1 aliphatic heterocycles. The molecule has 1 unspecified atom stereocenters. The van der Waals surface area contributed by atoms with Gasteiger partial charge in [0.15, 0.2) is 11.4 Å². The lowest BCUT2D eigenvalue weighted by Crippen LogP contribution is -2.30. The van der Waals surface area contributed by atoms with Gasteiger partial charge in [0.25, 0.3) is 0 Å². The lowest BCUT2D eigenvalue weighted by Gasteiger charge is -2.23. The number of fused-ring (bicyclic) bond motifs is 1. The predicted octanol–water partition coefficient (Wildman–Crippen LogP) is 2.52. The van der Waals surface area contributed by atoms with Crippen LogP contribution in [-0.2, 0) is 5.60 Å². The van der Waals surface area contributed by atoms with Crippen molar-refractivity contribution in [1.29, 1.82) is 0 Å². The molecule has 3 nitrogen and oxygen atoms in total. The van der Waals surface area contributed by atoms with Gasteiger partial charge in [0.1, 0.15) is 12.4 Å². The molecule has 2 aromatic rings. The van der Waals surface area contributed by atoms with Gasteiger partial charge >= 0.3 is 0 Å². The molecule has 0 radical (unpaired) electrons. The largest absolute Gasteiger partial charge is 0.489 e. The fraction of sp³-hybridized carbons (Fsp3) is 0.188. The highest BCUT2D eigenvalue weighted by Crippen LogP contribution is 2.43. The molecular formula is C16H14O3. The number of hydrogen-bond donors (Lipinski definition) is 1. The minimum atomic E-state index is -1.25. The van der Waals surface area contributed by atoms with Crippen molar-refractivity contribution in [3.63, 3.8) is 0 Å². The highest BCUT2D eigenvalue weighted by Gasteiger charge is 2.42. The Morgan fingerprint density at radius 3 is 2.58 bits per heavy atom. The molecule has 1 aliphatic rings. The van der Waals surface area contributed by atoms with E-state index < -0.39 is 5.60 Å². The SMILES string of the molecule is CC(=O)c1cccc2c1C(O)(c1ccccc1)CO2. The second kappa shape index (κ2) is 4.21. The van der Waals surface area contributed by atoms with Gasteiger partial charge in [-0.25, -0.2) is 0 Å². The van der Waals surface area contributed by atoms with E-state index in [0.717, 1.165) is 5.56 Å². The Morgan fingerprint density at radius 2 is 1.89 bits per heavy atom. The van der Waals surface area contributed by atoms with E-state index in [1.54, 1.807) is 18.2 Å². The molecule has 1 heterocycles. The zero-order valence-corrected chi connectivity index (χ0v) is 10.6. The molecule has 96 valence electrons. The summed E-state index contributed by atoms with van der Waals surface area (Å²) in [5.41, 5.74) is 0.580. The monoisotopic (exact) mass is 254 g/mol. The fourth-order valence-corrected chi connectivity index (χ4v) is 2.57. The molecule has 1 atom stereocenters.